The average molecular weight is 454 g/mol. The summed E-state index contributed by atoms with van der Waals surface area (Å²) in [7, 11) is 2.18. The fourth-order valence-electron chi connectivity index (χ4n) is 5.05. The van der Waals surface area contributed by atoms with Gasteiger partial charge in [0.05, 0.1) is 0 Å². The van der Waals surface area contributed by atoms with Crippen molar-refractivity contribution in [2.45, 2.75) is 20.8 Å². The summed E-state index contributed by atoms with van der Waals surface area (Å²) in [5.74, 6) is -0.391. The Morgan fingerprint density at radius 2 is 1.68 bits per heavy atom. The van der Waals surface area contributed by atoms with Crippen LogP contribution in [0.5, 0.6) is 0 Å². The van der Waals surface area contributed by atoms with E-state index >= 15 is 0 Å². The molecule has 0 aliphatic carbocycles. The normalized spacial score (nSPS) is 14.6. The van der Waals surface area contributed by atoms with Crippen LogP contribution in [0.15, 0.2) is 48.8 Å². The van der Waals surface area contributed by atoms with Gasteiger partial charge < -0.3 is 20.5 Å². The minimum absolute atomic E-state index is 0.391. The van der Waals surface area contributed by atoms with Crippen LogP contribution < -0.4 is 10.6 Å². The molecule has 2 aromatic carbocycles. The van der Waals surface area contributed by atoms with Crippen LogP contribution >= 0.6 is 0 Å². The van der Waals surface area contributed by atoms with Crippen LogP contribution in [0.3, 0.4) is 0 Å². The maximum Gasteiger partial charge on any atom is 0.248 e. The number of likely N-dealkylation sites (N-methyl/N-ethyl adjacent to an activating group) is 1. The lowest BCUT2D eigenvalue weighted by molar-refractivity contribution is 0.0999. The standard InChI is InChI=1S/C28H31N5O/c1-17-13-23(27(29)34)18(2)19(3)26(17)25-16-31-28-24(25)14-21(15-30-28)20-5-7-22(8-6-20)33-11-9-32(4)10-12-33/h5-8,13-16H,9-12H2,1-4H3,(H2,29,34)(H,30,31). The van der Waals surface area contributed by atoms with Crippen molar-refractivity contribution >= 4 is 22.6 Å². The van der Waals surface area contributed by atoms with Gasteiger partial charge in [-0.25, -0.2) is 4.98 Å². The van der Waals surface area contributed by atoms with Gasteiger partial charge in [0.25, 0.3) is 0 Å². The highest BCUT2D eigenvalue weighted by Gasteiger charge is 2.18. The molecule has 1 saturated heterocycles. The number of primary amides is 1. The Bertz CT molecular complexity index is 1380. The van der Waals surface area contributed by atoms with Crippen LogP contribution in [-0.4, -0.2) is 54.0 Å². The number of aryl methyl sites for hydroxylation is 1. The van der Waals surface area contributed by atoms with Gasteiger partial charge in [0, 0.05) is 66.3 Å². The average Bonchev–Trinajstić information content (AvgIpc) is 3.25. The van der Waals surface area contributed by atoms with Crippen molar-refractivity contribution in [2.24, 2.45) is 5.73 Å². The number of hydrogen-bond acceptors (Lipinski definition) is 4. The Labute approximate surface area is 200 Å². The number of nitrogens with one attached hydrogen (secondary N) is 1. The third-order valence-electron chi connectivity index (χ3n) is 7.23. The number of nitrogens with zero attached hydrogens (tertiary/aromatic N) is 3. The van der Waals surface area contributed by atoms with E-state index in [1.807, 2.05) is 32.3 Å². The fraction of sp³-hybridized carbons (Fsp3) is 0.286. The number of aromatic amines is 1. The molecular formula is C28H31N5O. The van der Waals surface area contributed by atoms with Gasteiger partial charge >= 0.3 is 0 Å². The van der Waals surface area contributed by atoms with E-state index in [-0.39, 0.29) is 0 Å². The van der Waals surface area contributed by atoms with Gasteiger partial charge in [-0.3, -0.25) is 4.79 Å². The first-order chi connectivity index (χ1) is 16.3. The highest BCUT2D eigenvalue weighted by Crippen LogP contribution is 2.37. The zero-order valence-electron chi connectivity index (χ0n) is 20.3. The Hall–Kier alpha value is -3.64. The third kappa shape index (κ3) is 3.84. The third-order valence-corrected chi connectivity index (χ3v) is 7.23. The summed E-state index contributed by atoms with van der Waals surface area (Å²) >= 11 is 0. The zero-order valence-corrected chi connectivity index (χ0v) is 20.3. The van der Waals surface area contributed by atoms with Crippen molar-refractivity contribution in [1.29, 1.82) is 0 Å². The lowest BCUT2D eigenvalue weighted by atomic mass is 9.89. The lowest BCUT2D eigenvalue weighted by Crippen LogP contribution is -2.44. The first-order valence-corrected chi connectivity index (χ1v) is 11.8. The largest absolute Gasteiger partial charge is 0.369 e. The van der Waals surface area contributed by atoms with Gasteiger partial charge in [0.1, 0.15) is 5.65 Å². The molecule has 0 radical (unpaired) electrons. The van der Waals surface area contributed by atoms with E-state index in [4.69, 9.17) is 10.7 Å². The van der Waals surface area contributed by atoms with Crippen molar-refractivity contribution in [2.75, 3.05) is 38.1 Å². The molecule has 2 aromatic heterocycles. The fourth-order valence-corrected chi connectivity index (χ4v) is 5.05. The van der Waals surface area contributed by atoms with E-state index in [1.165, 1.54) is 5.69 Å². The predicted octanol–water partition coefficient (Wildman–Crippen LogP) is 4.67. The zero-order chi connectivity index (χ0) is 24.0. The monoisotopic (exact) mass is 453 g/mol. The summed E-state index contributed by atoms with van der Waals surface area (Å²) in [6.45, 7) is 10.3. The number of rotatable bonds is 4. The van der Waals surface area contributed by atoms with Crippen LogP contribution in [0.4, 0.5) is 5.69 Å². The van der Waals surface area contributed by atoms with E-state index in [2.05, 4.69) is 59.1 Å². The number of amides is 1. The Kier molecular flexibility index (Phi) is 5.62. The highest BCUT2D eigenvalue weighted by molar-refractivity contribution is 6.00. The molecule has 4 aromatic rings. The minimum Gasteiger partial charge on any atom is -0.369 e. The van der Waals surface area contributed by atoms with Crippen LogP contribution in [0.25, 0.3) is 33.3 Å². The highest BCUT2D eigenvalue weighted by atomic mass is 16.1. The van der Waals surface area contributed by atoms with Gasteiger partial charge in [-0.2, -0.15) is 0 Å². The number of pyridine rings is 1. The number of fused-ring (bicyclic) bond motifs is 1. The number of carbonyl (C=O) groups excluding carboxylic acids is 1. The summed E-state index contributed by atoms with van der Waals surface area (Å²) in [5.41, 5.74) is 15.8. The van der Waals surface area contributed by atoms with E-state index in [1.54, 1.807) is 0 Å². The second-order valence-corrected chi connectivity index (χ2v) is 9.39. The first-order valence-electron chi connectivity index (χ1n) is 11.8. The van der Waals surface area contributed by atoms with E-state index in [9.17, 15) is 4.79 Å². The van der Waals surface area contributed by atoms with Gasteiger partial charge in [-0.05, 0) is 79.9 Å². The molecule has 1 fully saturated rings. The van der Waals surface area contributed by atoms with Gasteiger partial charge in [-0.1, -0.05) is 12.1 Å². The molecular weight excluding hydrogens is 422 g/mol. The number of benzene rings is 2. The minimum atomic E-state index is -0.391. The maximum atomic E-state index is 11.9. The van der Waals surface area contributed by atoms with E-state index < -0.39 is 5.91 Å². The molecule has 1 amide bonds. The molecule has 1 aliphatic rings. The molecule has 0 spiro atoms. The topological polar surface area (TPSA) is 78.2 Å². The van der Waals surface area contributed by atoms with Gasteiger partial charge in [-0.15, -0.1) is 0 Å². The molecule has 1 aliphatic heterocycles. The smallest absolute Gasteiger partial charge is 0.248 e. The first kappa shape index (κ1) is 22.2. The molecule has 0 unspecified atom stereocenters. The van der Waals surface area contributed by atoms with E-state index in [0.29, 0.717) is 5.56 Å². The number of piperazine rings is 1. The van der Waals surface area contributed by atoms with Crippen molar-refractivity contribution in [3.05, 3.63) is 71.0 Å². The molecule has 5 rings (SSSR count). The maximum absolute atomic E-state index is 11.9. The number of H-pyrrole nitrogens is 1. The van der Waals surface area contributed by atoms with Crippen LogP contribution in [0.1, 0.15) is 27.0 Å². The van der Waals surface area contributed by atoms with Crippen molar-refractivity contribution < 1.29 is 4.79 Å². The van der Waals surface area contributed by atoms with Crippen LogP contribution in [-0.2, 0) is 0 Å². The van der Waals surface area contributed by atoms with Crippen molar-refractivity contribution in [3.8, 4) is 22.3 Å². The number of nitrogens with two attached hydrogens (primary N) is 1. The second-order valence-electron chi connectivity index (χ2n) is 9.39. The van der Waals surface area contributed by atoms with Gasteiger partial charge in [0.15, 0.2) is 0 Å². The molecule has 0 atom stereocenters. The van der Waals surface area contributed by atoms with Crippen LogP contribution in [0, 0.1) is 20.8 Å². The molecule has 3 N–H and O–H groups in total. The van der Waals surface area contributed by atoms with Gasteiger partial charge in [0.2, 0.25) is 5.91 Å². The van der Waals surface area contributed by atoms with Crippen LogP contribution in [0.2, 0.25) is 0 Å². The number of anilines is 1. The quantitative estimate of drug-likeness (QED) is 0.471. The summed E-state index contributed by atoms with van der Waals surface area (Å²) in [5, 5.41) is 1.07. The SMILES string of the molecule is Cc1cc(C(N)=O)c(C)c(C)c1-c1c[nH]c2ncc(-c3ccc(N4CCN(C)CC4)cc3)cc12. The summed E-state index contributed by atoms with van der Waals surface area (Å²) in [6, 6.07) is 12.9. The second kappa shape index (κ2) is 8.61. The lowest BCUT2D eigenvalue weighted by Gasteiger charge is -2.34. The molecule has 0 bridgehead atoms. The summed E-state index contributed by atoms with van der Waals surface area (Å²) < 4.78 is 0. The molecule has 3 heterocycles. The predicted molar refractivity (Wildman–Crippen MR) is 139 cm³/mol. The number of aromatic nitrogens is 2. The number of carbonyl (C=O) groups is 1. The molecule has 0 saturated carbocycles. The van der Waals surface area contributed by atoms with Crippen molar-refractivity contribution in [1.82, 2.24) is 14.9 Å². The van der Waals surface area contributed by atoms with Crippen molar-refractivity contribution in [3.63, 3.8) is 0 Å². The summed E-state index contributed by atoms with van der Waals surface area (Å²) in [4.78, 5) is 24.7. The summed E-state index contributed by atoms with van der Waals surface area (Å²) in [6.07, 6.45) is 3.94. The molecule has 34 heavy (non-hydrogen) atoms. The molecule has 174 valence electrons. The Morgan fingerprint density at radius 1 is 0.971 bits per heavy atom. The molecule has 6 nitrogen and oxygen atoms in total. The Balaban J connectivity index is 1.52. The number of hydrogen-bond donors (Lipinski definition) is 2. The Morgan fingerprint density at radius 3 is 2.35 bits per heavy atom. The molecule has 6 heteroatoms. The van der Waals surface area contributed by atoms with E-state index in [0.717, 1.165) is 76.2 Å².